The Morgan fingerprint density at radius 1 is 1.22 bits per heavy atom. The van der Waals surface area contributed by atoms with Crippen LogP contribution in [0.2, 0.25) is 0 Å². The Balaban J connectivity index is 1.73. The maximum Gasteiger partial charge on any atom is 0.133 e. The summed E-state index contributed by atoms with van der Waals surface area (Å²) in [6, 6.07) is 7.95. The second-order valence-corrected chi connectivity index (χ2v) is 4.26. The number of aliphatic hydroxyl groups excluding tert-OH is 1. The van der Waals surface area contributed by atoms with Crippen LogP contribution in [0.4, 0.5) is 0 Å². The van der Waals surface area contributed by atoms with Crippen LogP contribution in [0, 0.1) is 0 Å². The predicted molar refractivity (Wildman–Crippen MR) is 68.8 cm³/mol. The fraction of sp³-hybridized carbons (Fsp3) is 0.385. The number of hydrogen-bond acceptors (Lipinski definition) is 4. The molecule has 0 saturated carbocycles. The molecule has 0 radical (unpaired) electrons. The molecule has 1 heterocycles. The molecule has 2 aromatic rings. The molecule has 0 spiro atoms. The van der Waals surface area contributed by atoms with Crippen LogP contribution >= 0.6 is 0 Å². The van der Waals surface area contributed by atoms with Gasteiger partial charge in [-0.25, -0.2) is 0 Å². The zero-order valence-electron chi connectivity index (χ0n) is 10.5. The summed E-state index contributed by atoms with van der Waals surface area (Å²) in [5.41, 5.74) is 2.16. The summed E-state index contributed by atoms with van der Waals surface area (Å²) in [6.45, 7) is 1.79. The molecule has 18 heavy (non-hydrogen) atoms. The third kappa shape index (κ3) is 3.38. The number of nitrogens with one attached hydrogen (secondary N) is 1. The fourth-order valence-corrected chi connectivity index (χ4v) is 1.73. The first-order valence-electron chi connectivity index (χ1n) is 6.02. The summed E-state index contributed by atoms with van der Waals surface area (Å²) >= 11 is 0. The first-order valence-corrected chi connectivity index (χ1v) is 6.02. The molecular weight excluding hydrogens is 228 g/mol. The molecule has 96 valence electrons. The Bertz CT molecular complexity index is 478. The van der Waals surface area contributed by atoms with Crippen LogP contribution in [0.3, 0.4) is 0 Å². The quantitative estimate of drug-likeness (QED) is 0.734. The highest BCUT2D eigenvalue weighted by Crippen LogP contribution is 2.03. The average molecular weight is 246 g/mol. The molecule has 0 aliphatic carbocycles. The molecule has 0 saturated heterocycles. The van der Waals surface area contributed by atoms with E-state index in [0.29, 0.717) is 0 Å². The molecule has 2 rings (SSSR count). The summed E-state index contributed by atoms with van der Waals surface area (Å²) in [5, 5.41) is 20.2. The van der Waals surface area contributed by atoms with Crippen molar-refractivity contribution in [3.63, 3.8) is 0 Å². The minimum Gasteiger partial charge on any atom is -0.392 e. The SMILES string of the molecule is Cn1cnnc1CCNCc1ccc(CO)cc1. The molecular formula is C13H18N4O. The number of rotatable bonds is 6. The van der Waals surface area contributed by atoms with Crippen molar-refractivity contribution < 1.29 is 5.11 Å². The number of aryl methyl sites for hydroxylation is 1. The lowest BCUT2D eigenvalue weighted by Gasteiger charge is -2.05. The Morgan fingerprint density at radius 2 is 1.94 bits per heavy atom. The average Bonchev–Trinajstić information content (AvgIpc) is 2.81. The lowest BCUT2D eigenvalue weighted by molar-refractivity contribution is 0.282. The van der Waals surface area contributed by atoms with E-state index in [1.807, 2.05) is 35.9 Å². The highest BCUT2D eigenvalue weighted by molar-refractivity contribution is 5.21. The highest BCUT2D eigenvalue weighted by Gasteiger charge is 1.99. The van der Waals surface area contributed by atoms with Crippen molar-refractivity contribution >= 4 is 0 Å². The second kappa shape index (κ2) is 6.28. The number of nitrogens with zero attached hydrogens (tertiary/aromatic N) is 3. The number of hydrogen-bond donors (Lipinski definition) is 2. The van der Waals surface area contributed by atoms with Gasteiger partial charge in [-0.1, -0.05) is 24.3 Å². The molecule has 0 aliphatic heterocycles. The topological polar surface area (TPSA) is 63.0 Å². The van der Waals surface area contributed by atoms with Gasteiger partial charge in [0.05, 0.1) is 6.61 Å². The van der Waals surface area contributed by atoms with Crippen LogP contribution in [0.5, 0.6) is 0 Å². The predicted octanol–water partition coefficient (Wildman–Crippen LogP) is 0.640. The fourth-order valence-electron chi connectivity index (χ4n) is 1.73. The highest BCUT2D eigenvalue weighted by atomic mass is 16.3. The molecule has 0 aliphatic rings. The van der Waals surface area contributed by atoms with E-state index in [1.165, 1.54) is 5.56 Å². The third-order valence-corrected chi connectivity index (χ3v) is 2.87. The molecule has 0 amide bonds. The van der Waals surface area contributed by atoms with E-state index in [9.17, 15) is 0 Å². The van der Waals surface area contributed by atoms with Gasteiger partial charge in [-0.3, -0.25) is 0 Å². The van der Waals surface area contributed by atoms with Gasteiger partial charge >= 0.3 is 0 Å². The van der Waals surface area contributed by atoms with Crippen molar-refractivity contribution in [1.29, 1.82) is 0 Å². The number of aliphatic hydroxyl groups is 1. The molecule has 5 heteroatoms. The van der Waals surface area contributed by atoms with Crippen LogP contribution in [0.15, 0.2) is 30.6 Å². The van der Waals surface area contributed by atoms with Crippen molar-refractivity contribution in [3.8, 4) is 0 Å². The van der Waals surface area contributed by atoms with Crippen LogP contribution in [-0.2, 0) is 26.6 Å². The molecule has 2 N–H and O–H groups in total. The first-order chi connectivity index (χ1) is 8.79. The number of aromatic nitrogens is 3. The van der Waals surface area contributed by atoms with E-state index in [-0.39, 0.29) is 6.61 Å². The second-order valence-electron chi connectivity index (χ2n) is 4.26. The minimum atomic E-state index is 0.0971. The van der Waals surface area contributed by atoms with Gasteiger partial charge in [-0.05, 0) is 11.1 Å². The van der Waals surface area contributed by atoms with Crippen molar-refractivity contribution in [3.05, 3.63) is 47.5 Å². The lowest BCUT2D eigenvalue weighted by atomic mass is 10.1. The van der Waals surface area contributed by atoms with Crippen molar-refractivity contribution in [2.24, 2.45) is 7.05 Å². The number of benzene rings is 1. The van der Waals surface area contributed by atoms with Crippen molar-refractivity contribution in [2.75, 3.05) is 6.54 Å². The summed E-state index contributed by atoms with van der Waals surface area (Å²) in [5.74, 6) is 0.984. The summed E-state index contributed by atoms with van der Waals surface area (Å²) in [4.78, 5) is 0. The maximum atomic E-state index is 8.94. The summed E-state index contributed by atoms with van der Waals surface area (Å²) in [7, 11) is 1.95. The normalized spacial score (nSPS) is 10.8. The Labute approximate surface area is 106 Å². The minimum absolute atomic E-state index is 0.0971. The zero-order chi connectivity index (χ0) is 12.8. The Morgan fingerprint density at radius 3 is 2.56 bits per heavy atom. The lowest BCUT2D eigenvalue weighted by Crippen LogP contribution is -2.18. The van der Waals surface area contributed by atoms with Crippen LogP contribution in [0.1, 0.15) is 17.0 Å². The van der Waals surface area contributed by atoms with Crippen LogP contribution < -0.4 is 5.32 Å². The molecule has 0 unspecified atom stereocenters. The van der Waals surface area contributed by atoms with Crippen LogP contribution in [0.25, 0.3) is 0 Å². The first kappa shape index (κ1) is 12.7. The molecule has 1 aromatic heterocycles. The van der Waals surface area contributed by atoms with E-state index in [1.54, 1.807) is 6.33 Å². The van der Waals surface area contributed by atoms with Gasteiger partial charge < -0.3 is 15.0 Å². The molecule has 1 aromatic carbocycles. The molecule has 0 atom stereocenters. The summed E-state index contributed by atoms with van der Waals surface area (Å²) in [6.07, 6.45) is 2.58. The van der Waals surface area contributed by atoms with E-state index in [4.69, 9.17) is 5.11 Å². The van der Waals surface area contributed by atoms with Gasteiger partial charge in [0.1, 0.15) is 12.2 Å². The van der Waals surface area contributed by atoms with Gasteiger partial charge in [0.25, 0.3) is 0 Å². The van der Waals surface area contributed by atoms with E-state index in [2.05, 4.69) is 15.5 Å². The Hall–Kier alpha value is -1.72. The van der Waals surface area contributed by atoms with E-state index < -0.39 is 0 Å². The van der Waals surface area contributed by atoms with Crippen molar-refractivity contribution in [1.82, 2.24) is 20.1 Å². The standard InChI is InChI=1S/C13H18N4O/c1-17-10-15-16-13(17)6-7-14-8-11-2-4-12(9-18)5-3-11/h2-5,10,14,18H,6-9H2,1H3. The van der Waals surface area contributed by atoms with Gasteiger partial charge in [0.15, 0.2) is 0 Å². The molecule has 0 bridgehead atoms. The maximum absolute atomic E-state index is 8.94. The summed E-state index contributed by atoms with van der Waals surface area (Å²) < 4.78 is 1.93. The van der Waals surface area contributed by atoms with Gasteiger partial charge in [-0.2, -0.15) is 0 Å². The smallest absolute Gasteiger partial charge is 0.133 e. The van der Waals surface area contributed by atoms with E-state index >= 15 is 0 Å². The van der Waals surface area contributed by atoms with Gasteiger partial charge in [-0.15, -0.1) is 10.2 Å². The Kier molecular flexibility index (Phi) is 4.44. The molecule has 5 nitrogen and oxygen atoms in total. The van der Waals surface area contributed by atoms with Gasteiger partial charge in [0.2, 0.25) is 0 Å². The van der Waals surface area contributed by atoms with E-state index in [0.717, 1.165) is 30.9 Å². The van der Waals surface area contributed by atoms with Crippen LogP contribution in [-0.4, -0.2) is 26.4 Å². The largest absolute Gasteiger partial charge is 0.392 e. The zero-order valence-corrected chi connectivity index (χ0v) is 10.5. The van der Waals surface area contributed by atoms with Gasteiger partial charge in [0, 0.05) is 26.6 Å². The monoisotopic (exact) mass is 246 g/mol. The molecule has 0 fully saturated rings. The third-order valence-electron chi connectivity index (χ3n) is 2.87. The van der Waals surface area contributed by atoms with Crippen molar-refractivity contribution in [2.45, 2.75) is 19.6 Å².